The Labute approximate surface area is 73.2 Å². The Balaban J connectivity index is 2.43. The molecule has 12 heavy (non-hydrogen) atoms. The SMILES string of the molecule is C=C1CCC2=CC(=O)CCC12C. The molecule has 0 amide bonds. The molecule has 1 saturated carbocycles. The van der Waals surface area contributed by atoms with Gasteiger partial charge >= 0.3 is 0 Å². The molecule has 0 aliphatic heterocycles. The topological polar surface area (TPSA) is 17.1 Å². The minimum absolute atomic E-state index is 0.175. The van der Waals surface area contributed by atoms with Crippen LogP contribution in [-0.2, 0) is 4.79 Å². The van der Waals surface area contributed by atoms with E-state index in [1.807, 2.05) is 6.08 Å². The Morgan fingerprint density at radius 1 is 1.42 bits per heavy atom. The number of hydrogen-bond acceptors (Lipinski definition) is 1. The van der Waals surface area contributed by atoms with Gasteiger partial charge in [0.2, 0.25) is 0 Å². The lowest BCUT2D eigenvalue weighted by molar-refractivity contribution is -0.115. The van der Waals surface area contributed by atoms with E-state index < -0.39 is 0 Å². The van der Waals surface area contributed by atoms with Crippen molar-refractivity contribution >= 4 is 5.78 Å². The highest BCUT2D eigenvalue weighted by Gasteiger charge is 2.39. The minimum Gasteiger partial charge on any atom is -0.295 e. The summed E-state index contributed by atoms with van der Waals surface area (Å²) in [5.41, 5.74) is 2.82. The second-order valence-electron chi connectivity index (χ2n) is 4.07. The maximum atomic E-state index is 11.1. The molecule has 1 atom stereocenters. The molecule has 64 valence electrons. The molecule has 0 radical (unpaired) electrons. The molecule has 0 spiro atoms. The fourth-order valence-electron chi connectivity index (χ4n) is 2.27. The molecule has 0 heterocycles. The number of ketones is 1. The van der Waals surface area contributed by atoms with E-state index in [2.05, 4.69) is 13.5 Å². The summed E-state index contributed by atoms with van der Waals surface area (Å²) in [5, 5.41) is 0. The third kappa shape index (κ3) is 0.889. The summed E-state index contributed by atoms with van der Waals surface area (Å²) >= 11 is 0. The van der Waals surface area contributed by atoms with Crippen LogP contribution in [0.2, 0.25) is 0 Å². The highest BCUT2D eigenvalue weighted by molar-refractivity contribution is 5.92. The number of fused-ring (bicyclic) bond motifs is 1. The molecule has 1 nitrogen and oxygen atoms in total. The first-order valence-electron chi connectivity index (χ1n) is 4.55. The Morgan fingerprint density at radius 3 is 2.92 bits per heavy atom. The number of rotatable bonds is 0. The molecule has 2 aliphatic carbocycles. The first-order valence-corrected chi connectivity index (χ1v) is 4.55. The summed E-state index contributed by atoms with van der Waals surface area (Å²) < 4.78 is 0. The van der Waals surface area contributed by atoms with Crippen LogP contribution in [0, 0.1) is 5.41 Å². The summed E-state index contributed by atoms with van der Waals surface area (Å²) in [5.74, 6) is 0.303. The summed E-state index contributed by atoms with van der Waals surface area (Å²) in [6.07, 6.45) is 5.67. The van der Waals surface area contributed by atoms with Crippen LogP contribution in [0.3, 0.4) is 0 Å². The fraction of sp³-hybridized carbons (Fsp3) is 0.545. The van der Waals surface area contributed by atoms with E-state index in [4.69, 9.17) is 0 Å². The molecule has 2 rings (SSSR count). The van der Waals surface area contributed by atoms with Crippen LogP contribution in [-0.4, -0.2) is 5.78 Å². The maximum absolute atomic E-state index is 11.1. The quantitative estimate of drug-likeness (QED) is 0.500. The predicted molar refractivity (Wildman–Crippen MR) is 48.8 cm³/mol. The van der Waals surface area contributed by atoms with Crippen molar-refractivity contribution in [1.29, 1.82) is 0 Å². The molecule has 0 aromatic heterocycles. The van der Waals surface area contributed by atoms with Gasteiger partial charge in [0.1, 0.15) is 0 Å². The van der Waals surface area contributed by atoms with Crippen LogP contribution in [0.4, 0.5) is 0 Å². The maximum Gasteiger partial charge on any atom is 0.155 e. The van der Waals surface area contributed by atoms with Gasteiger partial charge < -0.3 is 0 Å². The van der Waals surface area contributed by atoms with Gasteiger partial charge in [0.15, 0.2) is 5.78 Å². The zero-order chi connectivity index (χ0) is 8.77. The van der Waals surface area contributed by atoms with Crippen LogP contribution in [0.5, 0.6) is 0 Å². The second-order valence-corrected chi connectivity index (χ2v) is 4.07. The molecule has 1 heteroatoms. The number of carbonyl (C=O) groups excluding carboxylic acids is 1. The smallest absolute Gasteiger partial charge is 0.155 e. The van der Waals surface area contributed by atoms with E-state index in [0.717, 1.165) is 19.3 Å². The van der Waals surface area contributed by atoms with E-state index in [-0.39, 0.29) is 5.41 Å². The fourth-order valence-corrected chi connectivity index (χ4v) is 2.27. The van der Waals surface area contributed by atoms with Crippen molar-refractivity contribution in [2.24, 2.45) is 5.41 Å². The van der Waals surface area contributed by atoms with Crippen molar-refractivity contribution in [2.45, 2.75) is 32.6 Å². The van der Waals surface area contributed by atoms with Gasteiger partial charge in [-0.15, -0.1) is 0 Å². The lowest BCUT2D eigenvalue weighted by atomic mass is 9.74. The summed E-state index contributed by atoms with van der Waals surface area (Å²) in [7, 11) is 0. The number of carbonyl (C=O) groups is 1. The highest BCUT2D eigenvalue weighted by atomic mass is 16.1. The van der Waals surface area contributed by atoms with Crippen LogP contribution in [0.15, 0.2) is 23.8 Å². The highest BCUT2D eigenvalue weighted by Crippen LogP contribution is 2.51. The molecule has 1 unspecified atom stereocenters. The van der Waals surface area contributed by atoms with Gasteiger partial charge in [0, 0.05) is 11.8 Å². The lowest BCUT2D eigenvalue weighted by Crippen LogP contribution is -2.22. The molecule has 0 aromatic carbocycles. The Morgan fingerprint density at radius 2 is 2.17 bits per heavy atom. The van der Waals surface area contributed by atoms with Crippen molar-refractivity contribution in [2.75, 3.05) is 0 Å². The summed E-state index contributed by atoms with van der Waals surface area (Å²) in [6, 6.07) is 0. The third-order valence-electron chi connectivity index (χ3n) is 3.39. The Kier molecular flexibility index (Phi) is 1.50. The predicted octanol–water partition coefficient (Wildman–Crippen LogP) is 2.63. The molecule has 2 aliphatic rings. The van der Waals surface area contributed by atoms with Crippen molar-refractivity contribution < 1.29 is 4.79 Å². The first-order chi connectivity index (χ1) is 5.63. The van der Waals surface area contributed by atoms with Gasteiger partial charge in [-0.1, -0.05) is 24.6 Å². The van der Waals surface area contributed by atoms with E-state index in [9.17, 15) is 4.79 Å². The Bertz CT molecular complexity index is 285. The average Bonchev–Trinajstić information content (AvgIpc) is 2.31. The summed E-state index contributed by atoms with van der Waals surface area (Å²) in [4.78, 5) is 11.1. The average molecular weight is 162 g/mol. The largest absolute Gasteiger partial charge is 0.295 e. The molecular weight excluding hydrogens is 148 g/mol. The van der Waals surface area contributed by atoms with E-state index in [0.29, 0.717) is 12.2 Å². The van der Waals surface area contributed by atoms with Gasteiger partial charge in [0.25, 0.3) is 0 Å². The van der Waals surface area contributed by atoms with Crippen LogP contribution >= 0.6 is 0 Å². The third-order valence-corrected chi connectivity index (χ3v) is 3.39. The van der Waals surface area contributed by atoms with Crippen molar-refractivity contribution in [1.82, 2.24) is 0 Å². The zero-order valence-corrected chi connectivity index (χ0v) is 7.52. The van der Waals surface area contributed by atoms with E-state index in [1.165, 1.54) is 11.1 Å². The van der Waals surface area contributed by atoms with Gasteiger partial charge in [-0.25, -0.2) is 0 Å². The van der Waals surface area contributed by atoms with E-state index in [1.54, 1.807) is 0 Å². The van der Waals surface area contributed by atoms with Gasteiger partial charge in [-0.2, -0.15) is 0 Å². The second kappa shape index (κ2) is 2.32. The monoisotopic (exact) mass is 162 g/mol. The Hall–Kier alpha value is -0.850. The van der Waals surface area contributed by atoms with Crippen LogP contribution < -0.4 is 0 Å². The van der Waals surface area contributed by atoms with Gasteiger partial charge in [-0.05, 0) is 25.3 Å². The van der Waals surface area contributed by atoms with Crippen LogP contribution in [0.25, 0.3) is 0 Å². The standard InChI is InChI=1S/C11H14O/c1-8-3-4-9-7-10(12)5-6-11(8,9)2/h7H,1,3-6H2,2H3. The molecular formula is C11H14O. The lowest BCUT2D eigenvalue weighted by Gasteiger charge is -2.30. The van der Waals surface area contributed by atoms with Crippen molar-refractivity contribution in [3.63, 3.8) is 0 Å². The van der Waals surface area contributed by atoms with Gasteiger partial charge in [-0.3, -0.25) is 4.79 Å². The molecule has 0 N–H and O–H groups in total. The molecule has 0 saturated heterocycles. The summed E-state index contributed by atoms with van der Waals surface area (Å²) in [6.45, 7) is 6.31. The van der Waals surface area contributed by atoms with Crippen molar-refractivity contribution in [3.05, 3.63) is 23.8 Å². The number of hydrogen-bond donors (Lipinski definition) is 0. The molecule has 0 aromatic rings. The zero-order valence-electron chi connectivity index (χ0n) is 7.52. The normalized spacial score (nSPS) is 34.9. The number of allylic oxidation sites excluding steroid dienone is 3. The van der Waals surface area contributed by atoms with Gasteiger partial charge in [0.05, 0.1) is 0 Å². The molecule has 1 fully saturated rings. The minimum atomic E-state index is 0.175. The van der Waals surface area contributed by atoms with Crippen LogP contribution in [0.1, 0.15) is 32.6 Å². The molecule has 0 bridgehead atoms. The van der Waals surface area contributed by atoms with Crippen molar-refractivity contribution in [3.8, 4) is 0 Å². The first kappa shape index (κ1) is 7.78. The van der Waals surface area contributed by atoms with E-state index >= 15 is 0 Å².